The van der Waals surface area contributed by atoms with E-state index in [1.54, 1.807) is 0 Å². The van der Waals surface area contributed by atoms with Gasteiger partial charge in [-0.1, -0.05) is 20.8 Å². The van der Waals surface area contributed by atoms with Crippen molar-refractivity contribution < 1.29 is 18.8 Å². The van der Waals surface area contributed by atoms with E-state index in [0.29, 0.717) is 6.42 Å². The van der Waals surface area contributed by atoms with Gasteiger partial charge in [-0.25, -0.2) is 0 Å². The fraction of sp³-hybridized carbons (Fsp3) is 0.833. The third kappa shape index (κ3) is 5.45. The number of esters is 1. The molecule has 4 nitrogen and oxygen atoms in total. The van der Waals surface area contributed by atoms with Gasteiger partial charge < -0.3 is 14.0 Å². The van der Waals surface area contributed by atoms with Gasteiger partial charge in [0.25, 0.3) is 0 Å². The number of carbonyl (C=O) groups is 2. The summed E-state index contributed by atoms with van der Waals surface area (Å²) in [5.74, 6) is -0.310. The number of hydrogen-bond donors (Lipinski definition) is 0. The van der Waals surface area contributed by atoms with E-state index in [0.717, 1.165) is 6.29 Å². The van der Waals surface area contributed by atoms with E-state index in [4.69, 9.17) is 4.43 Å². The molecule has 0 amide bonds. The van der Waals surface area contributed by atoms with Gasteiger partial charge in [0.2, 0.25) is 0 Å². The van der Waals surface area contributed by atoms with Crippen LogP contribution in [0.25, 0.3) is 0 Å². The van der Waals surface area contributed by atoms with Gasteiger partial charge in [0.05, 0.1) is 7.11 Å². The molecule has 0 aromatic carbocycles. The van der Waals surface area contributed by atoms with E-state index in [1.807, 2.05) is 0 Å². The molecule has 0 spiro atoms. The second-order valence-corrected chi connectivity index (χ2v) is 10.4. The summed E-state index contributed by atoms with van der Waals surface area (Å²) in [6.07, 6.45) is 0.885. The largest absolute Gasteiger partial charge is 0.469 e. The van der Waals surface area contributed by atoms with Gasteiger partial charge in [-0.3, -0.25) is 4.79 Å². The van der Waals surface area contributed by atoms with Crippen LogP contribution in [-0.2, 0) is 18.8 Å². The van der Waals surface area contributed by atoms with E-state index in [-0.39, 0.29) is 17.4 Å². The summed E-state index contributed by atoms with van der Waals surface area (Å²) >= 11 is 0. The Labute approximate surface area is 105 Å². The summed E-state index contributed by atoms with van der Waals surface area (Å²) in [5.41, 5.74) is 0. The predicted molar refractivity (Wildman–Crippen MR) is 69.4 cm³/mol. The van der Waals surface area contributed by atoms with E-state index in [1.165, 1.54) is 7.11 Å². The molecule has 0 fully saturated rings. The van der Waals surface area contributed by atoms with Crippen molar-refractivity contribution in [3.63, 3.8) is 0 Å². The first-order valence-corrected chi connectivity index (χ1v) is 8.75. The molecule has 5 heteroatoms. The zero-order valence-electron chi connectivity index (χ0n) is 11.7. The van der Waals surface area contributed by atoms with Crippen molar-refractivity contribution in [1.82, 2.24) is 0 Å². The van der Waals surface area contributed by atoms with E-state index < -0.39 is 14.4 Å². The standard InChI is InChI=1S/C12H24O4Si/c1-12(2,3)17(5,6)16-10(9-13)7-8-11(14)15-4/h9-10H,7-8H2,1-6H3. The summed E-state index contributed by atoms with van der Waals surface area (Å²) in [6.45, 7) is 10.5. The van der Waals surface area contributed by atoms with Gasteiger partial charge in [0, 0.05) is 6.42 Å². The SMILES string of the molecule is COC(=O)CCC(C=O)O[Si](C)(C)C(C)(C)C. The minimum atomic E-state index is -1.95. The summed E-state index contributed by atoms with van der Waals surface area (Å²) < 4.78 is 10.5. The quantitative estimate of drug-likeness (QED) is 0.418. The average Bonchev–Trinajstić information content (AvgIpc) is 2.21. The lowest BCUT2D eigenvalue weighted by Crippen LogP contribution is -2.44. The van der Waals surface area contributed by atoms with E-state index in [2.05, 4.69) is 38.6 Å². The van der Waals surface area contributed by atoms with Gasteiger partial charge in [-0.05, 0) is 24.6 Å². The molecule has 1 atom stereocenters. The van der Waals surface area contributed by atoms with Gasteiger partial charge in [0.15, 0.2) is 8.32 Å². The first-order valence-electron chi connectivity index (χ1n) is 5.84. The third-order valence-corrected chi connectivity index (χ3v) is 7.77. The number of aldehydes is 1. The molecule has 0 aliphatic rings. The normalized spacial score (nSPS) is 14.2. The minimum Gasteiger partial charge on any atom is -0.469 e. The topological polar surface area (TPSA) is 52.6 Å². The van der Waals surface area contributed by atoms with Crippen LogP contribution in [0, 0.1) is 0 Å². The van der Waals surface area contributed by atoms with Gasteiger partial charge in [-0.15, -0.1) is 0 Å². The molecular formula is C12H24O4Si. The Morgan fingerprint density at radius 1 is 1.35 bits per heavy atom. The molecule has 100 valence electrons. The van der Waals surface area contributed by atoms with Crippen molar-refractivity contribution in [2.24, 2.45) is 0 Å². The first-order chi connectivity index (χ1) is 7.64. The molecule has 0 aliphatic carbocycles. The summed E-state index contributed by atoms with van der Waals surface area (Å²) in [5, 5.41) is 0.0551. The molecule has 1 unspecified atom stereocenters. The molecule has 0 radical (unpaired) electrons. The Morgan fingerprint density at radius 2 is 1.88 bits per heavy atom. The van der Waals surface area contributed by atoms with E-state index >= 15 is 0 Å². The number of methoxy groups -OCH3 is 1. The Balaban J connectivity index is 4.41. The monoisotopic (exact) mass is 260 g/mol. The second-order valence-electron chi connectivity index (χ2n) is 5.67. The van der Waals surface area contributed by atoms with Crippen LogP contribution in [0.5, 0.6) is 0 Å². The maximum absolute atomic E-state index is 11.0. The number of ether oxygens (including phenoxy) is 1. The highest BCUT2D eigenvalue weighted by molar-refractivity contribution is 6.74. The second kappa shape index (κ2) is 6.30. The number of carbonyl (C=O) groups excluding carboxylic acids is 2. The van der Waals surface area contributed by atoms with Crippen molar-refractivity contribution in [2.45, 2.75) is 57.8 Å². The van der Waals surface area contributed by atoms with Crippen LogP contribution in [-0.4, -0.2) is 33.8 Å². The van der Waals surface area contributed by atoms with Crippen LogP contribution in [0.2, 0.25) is 18.1 Å². The van der Waals surface area contributed by atoms with Crippen LogP contribution in [0.4, 0.5) is 0 Å². The third-order valence-electron chi connectivity index (χ3n) is 3.26. The lowest BCUT2D eigenvalue weighted by Gasteiger charge is -2.38. The zero-order valence-corrected chi connectivity index (χ0v) is 12.7. The lowest BCUT2D eigenvalue weighted by atomic mass is 10.2. The minimum absolute atomic E-state index is 0.0551. The van der Waals surface area contributed by atoms with Crippen molar-refractivity contribution in [3.8, 4) is 0 Å². The molecular weight excluding hydrogens is 236 g/mol. The smallest absolute Gasteiger partial charge is 0.305 e. The highest BCUT2D eigenvalue weighted by Crippen LogP contribution is 2.37. The molecule has 0 saturated heterocycles. The molecule has 0 heterocycles. The fourth-order valence-electron chi connectivity index (χ4n) is 1.07. The number of hydrogen-bond acceptors (Lipinski definition) is 4. The predicted octanol–water partition coefficient (Wildman–Crippen LogP) is 2.53. The van der Waals surface area contributed by atoms with Gasteiger partial charge in [-0.2, -0.15) is 0 Å². The molecule has 0 aromatic heterocycles. The maximum Gasteiger partial charge on any atom is 0.305 e. The molecule has 17 heavy (non-hydrogen) atoms. The maximum atomic E-state index is 11.0. The Hall–Kier alpha value is -0.683. The van der Waals surface area contributed by atoms with Gasteiger partial charge >= 0.3 is 5.97 Å². The lowest BCUT2D eigenvalue weighted by molar-refractivity contribution is -0.141. The number of rotatable bonds is 6. The first kappa shape index (κ1) is 16.3. The van der Waals surface area contributed by atoms with Crippen molar-refractivity contribution in [3.05, 3.63) is 0 Å². The molecule has 0 aromatic rings. The summed E-state index contributed by atoms with van der Waals surface area (Å²) in [6, 6.07) is 0. The molecule has 0 aliphatic heterocycles. The fourth-order valence-corrected chi connectivity index (χ4v) is 2.36. The van der Waals surface area contributed by atoms with Crippen molar-refractivity contribution >= 4 is 20.6 Å². The van der Waals surface area contributed by atoms with E-state index in [9.17, 15) is 9.59 Å². The summed E-state index contributed by atoms with van der Waals surface area (Å²) in [7, 11) is -0.614. The van der Waals surface area contributed by atoms with Crippen molar-refractivity contribution in [2.75, 3.05) is 7.11 Å². The van der Waals surface area contributed by atoms with Crippen LogP contribution in [0.15, 0.2) is 0 Å². The van der Waals surface area contributed by atoms with Crippen molar-refractivity contribution in [1.29, 1.82) is 0 Å². The molecule has 0 saturated carbocycles. The molecule has 0 rings (SSSR count). The Bertz CT molecular complexity index is 268. The Morgan fingerprint density at radius 3 is 2.24 bits per heavy atom. The Kier molecular flexibility index (Phi) is 6.05. The highest BCUT2D eigenvalue weighted by atomic mass is 28.4. The van der Waals surface area contributed by atoms with Crippen LogP contribution in [0.1, 0.15) is 33.6 Å². The summed E-state index contributed by atoms with van der Waals surface area (Å²) in [4.78, 5) is 22.0. The van der Waals surface area contributed by atoms with Crippen LogP contribution in [0.3, 0.4) is 0 Å². The average molecular weight is 260 g/mol. The van der Waals surface area contributed by atoms with Crippen LogP contribution < -0.4 is 0 Å². The molecule has 0 bridgehead atoms. The zero-order chi connectivity index (χ0) is 13.7. The molecule has 0 N–H and O–H groups in total. The van der Waals surface area contributed by atoms with Gasteiger partial charge in [0.1, 0.15) is 12.4 Å². The highest BCUT2D eigenvalue weighted by Gasteiger charge is 2.39. The van der Waals surface area contributed by atoms with Crippen LogP contribution >= 0.6 is 0 Å².